The number of hydrogen-bond donors (Lipinski definition) is 2. The molecule has 2 aromatic carbocycles. The smallest absolute Gasteiger partial charge is 0.255 e. The highest BCUT2D eigenvalue weighted by molar-refractivity contribution is 9.10. The van der Waals surface area contributed by atoms with Crippen LogP contribution in [0.25, 0.3) is 5.69 Å². The van der Waals surface area contributed by atoms with Crippen LogP contribution in [-0.4, -0.2) is 28.6 Å². The lowest BCUT2D eigenvalue weighted by molar-refractivity contribution is -0.122. The largest absolute Gasteiger partial charge is 0.357 e. The molecule has 0 fully saturated rings. The molecule has 0 spiro atoms. The SMILES string of the molecule is CNC(=O)C(NC(=O)c1cnn(-c2ccc(Br)cc2)c1)c1ccc(F)c(F)c1. The summed E-state index contributed by atoms with van der Waals surface area (Å²) < 4.78 is 29.1. The van der Waals surface area contributed by atoms with Gasteiger partial charge in [0.2, 0.25) is 5.91 Å². The molecule has 2 N–H and O–H groups in total. The van der Waals surface area contributed by atoms with E-state index in [0.717, 1.165) is 22.3 Å². The van der Waals surface area contributed by atoms with Crippen LogP contribution < -0.4 is 10.6 Å². The van der Waals surface area contributed by atoms with Gasteiger partial charge in [0.15, 0.2) is 11.6 Å². The maximum Gasteiger partial charge on any atom is 0.255 e. The van der Waals surface area contributed by atoms with Gasteiger partial charge in [-0.15, -0.1) is 0 Å². The molecule has 6 nitrogen and oxygen atoms in total. The Morgan fingerprint density at radius 3 is 2.46 bits per heavy atom. The van der Waals surface area contributed by atoms with E-state index < -0.39 is 29.5 Å². The Morgan fingerprint density at radius 2 is 1.82 bits per heavy atom. The van der Waals surface area contributed by atoms with Crippen LogP contribution in [0.1, 0.15) is 22.0 Å². The predicted molar refractivity (Wildman–Crippen MR) is 102 cm³/mol. The van der Waals surface area contributed by atoms with Crippen molar-refractivity contribution in [3.63, 3.8) is 0 Å². The fourth-order valence-corrected chi connectivity index (χ4v) is 2.79. The summed E-state index contributed by atoms with van der Waals surface area (Å²) in [6.07, 6.45) is 2.86. The Labute approximate surface area is 167 Å². The Bertz CT molecular complexity index is 1020. The van der Waals surface area contributed by atoms with Crippen LogP contribution in [-0.2, 0) is 4.79 Å². The summed E-state index contributed by atoms with van der Waals surface area (Å²) >= 11 is 3.34. The standard InChI is InChI=1S/C19H15BrF2N4O2/c1-23-19(28)17(11-2-7-15(21)16(22)8-11)25-18(27)12-9-24-26(10-12)14-5-3-13(20)4-6-14/h2-10,17H,1H3,(H,23,28)(H,25,27). The van der Waals surface area contributed by atoms with Gasteiger partial charge < -0.3 is 10.6 Å². The zero-order chi connectivity index (χ0) is 20.3. The number of hydrogen-bond acceptors (Lipinski definition) is 3. The molecule has 144 valence electrons. The minimum Gasteiger partial charge on any atom is -0.357 e. The summed E-state index contributed by atoms with van der Waals surface area (Å²) in [5, 5.41) is 9.05. The van der Waals surface area contributed by atoms with Gasteiger partial charge in [-0.25, -0.2) is 13.5 Å². The maximum atomic E-state index is 13.6. The molecule has 0 saturated heterocycles. The molecule has 3 aromatic rings. The van der Waals surface area contributed by atoms with Crippen LogP contribution in [0.5, 0.6) is 0 Å². The van der Waals surface area contributed by atoms with Gasteiger partial charge in [-0.05, 0) is 42.0 Å². The van der Waals surface area contributed by atoms with E-state index in [1.165, 1.54) is 30.2 Å². The van der Waals surface area contributed by atoms with Gasteiger partial charge in [-0.2, -0.15) is 5.10 Å². The van der Waals surface area contributed by atoms with E-state index in [9.17, 15) is 18.4 Å². The summed E-state index contributed by atoms with van der Waals surface area (Å²) in [5.41, 5.74) is 1.07. The summed E-state index contributed by atoms with van der Waals surface area (Å²) in [6, 6.07) is 9.12. The lowest BCUT2D eigenvalue weighted by Gasteiger charge is -2.17. The molecule has 1 heterocycles. The number of amides is 2. The van der Waals surface area contributed by atoms with Crippen LogP contribution in [0.2, 0.25) is 0 Å². The molecule has 28 heavy (non-hydrogen) atoms. The molecule has 2 amide bonds. The average molecular weight is 449 g/mol. The lowest BCUT2D eigenvalue weighted by atomic mass is 10.1. The molecular weight excluding hydrogens is 434 g/mol. The first-order valence-electron chi connectivity index (χ1n) is 8.17. The van der Waals surface area contributed by atoms with E-state index in [0.29, 0.717) is 0 Å². The number of nitrogens with one attached hydrogen (secondary N) is 2. The second kappa shape index (κ2) is 8.30. The van der Waals surface area contributed by atoms with Crippen molar-refractivity contribution in [3.8, 4) is 5.69 Å². The molecule has 1 unspecified atom stereocenters. The van der Waals surface area contributed by atoms with Gasteiger partial charge in [0.1, 0.15) is 6.04 Å². The highest BCUT2D eigenvalue weighted by Gasteiger charge is 2.24. The molecule has 0 aliphatic carbocycles. The first-order chi connectivity index (χ1) is 13.4. The summed E-state index contributed by atoms with van der Waals surface area (Å²) in [7, 11) is 1.38. The second-order valence-corrected chi connectivity index (χ2v) is 6.76. The quantitative estimate of drug-likeness (QED) is 0.629. The highest BCUT2D eigenvalue weighted by Crippen LogP contribution is 2.18. The van der Waals surface area contributed by atoms with E-state index in [4.69, 9.17) is 0 Å². The Hall–Kier alpha value is -3.07. The fourth-order valence-electron chi connectivity index (χ4n) is 2.53. The molecule has 0 saturated carbocycles. The van der Waals surface area contributed by atoms with Gasteiger partial charge in [-0.1, -0.05) is 22.0 Å². The van der Waals surface area contributed by atoms with Crippen molar-refractivity contribution in [2.45, 2.75) is 6.04 Å². The molecule has 1 aromatic heterocycles. The second-order valence-electron chi connectivity index (χ2n) is 5.84. The van der Waals surface area contributed by atoms with Crippen LogP contribution in [0.4, 0.5) is 8.78 Å². The number of carbonyl (C=O) groups is 2. The van der Waals surface area contributed by atoms with Crippen LogP contribution in [0, 0.1) is 11.6 Å². The minimum absolute atomic E-state index is 0.118. The average Bonchev–Trinajstić information content (AvgIpc) is 3.18. The van der Waals surface area contributed by atoms with Crippen molar-refractivity contribution in [1.82, 2.24) is 20.4 Å². The van der Waals surface area contributed by atoms with Gasteiger partial charge in [0.05, 0.1) is 17.4 Å². The Kier molecular flexibility index (Phi) is 5.84. The Morgan fingerprint density at radius 1 is 1.11 bits per heavy atom. The normalized spacial score (nSPS) is 11.7. The van der Waals surface area contributed by atoms with Crippen molar-refractivity contribution in [2.24, 2.45) is 0 Å². The Balaban J connectivity index is 1.83. The van der Waals surface area contributed by atoms with Gasteiger partial charge in [0, 0.05) is 17.7 Å². The summed E-state index contributed by atoms with van der Waals surface area (Å²) in [5.74, 6) is -3.30. The van der Waals surface area contributed by atoms with Crippen molar-refractivity contribution in [3.05, 3.63) is 82.1 Å². The maximum absolute atomic E-state index is 13.6. The van der Waals surface area contributed by atoms with Crippen molar-refractivity contribution >= 4 is 27.7 Å². The molecule has 9 heteroatoms. The number of aromatic nitrogens is 2. The van der Waals surface area contributed by atoms with Gasteiger partial charge in [-0.3, -0.25) is 9.59 Å². The van der Waals surface area contributed by atoms with Crippen molar-refractivity contribution in [1.29, 1.82) is 0 Å². The number of halogens is 3. The zero-order valence-electron chi connectivity index (χ0n) is 14.6. The van der Waals surface area contributed by atoms with Crippen LogP contribution in [0.3, 0.4) is 0 Å². The number of carbonyl (C=O) groups excluding carboxylic acids is 2. The van der Waals surface area contributed by atoms with Gasteiger partial charge in [0.25, 0.3) is 5.91 Å². The lowest BCUT2D eigenvalue weighted by Crippen LogP contribution is -2.39. The number of nitrogens with zero attached hydrogens (tertiary/aromatic N) is 2. The van der Waals surface area contributed by atoms with Crippen LogP contribution in [0.15, 0.2) is 59.3 Å². The van der Waals surface area contributed by atoms with Crippen molar-refractivity contribution < 1.29 is 18.4 Å². The summed E-state index contributed by atoms with van der Waals surface area (Å²) in [6.45, 7) is 0. The number of benzene rings is 2. The topological polar surface area (TPSA) is 76.0 Å². The third-order valence-corrected chi connectivity index (χ3v) is 4.53. The third-order valence-electron chi connectivity index (χ3n) is 4.00. The van der Waals surface area contributed by atoms with E-state index in [-0.39, 0.29) is 11.1 Å². The minimum atomic E-state index is -1.19. The fraction of sp³-hybridized carbons (Fsp3) is 0.105. The molecule has 0 radical (unpaired) electrons. The molecule has 0 aliphatic heterocycles. The monoisotopic (exact) mass is 448 g/mol. The van der Waals surface area contributed by atoms with Crippen LogP contribution >= 0.6 is 15.9 Å². The molecular formula is C19H15BrF2N4O2. The molecule has 0 bridgehead atoms. The van der Waals surface area contributed by atoms with E-state index in [2.05, 4.69) is 31.7 Å². The first kappa shape index (κ1) is 19.7. The third kappa shape index (κ3) is 4.25. The molecule has 1 atom stereocenters. The highest BCUT2D eigenvalue weighted by atomic mass is 79.9. The number of likely N-dealkylation sites (N-methyl/N-ethyl adjacent to an activating group) is 1. The number of rotatable bonds is 5. The molecule has 3 rings (SSSR count). The van der Waals surface area contributed by atoms with E-state index in [1.54, 1.807) is 0 Å². The summed E-state index contributed by atoms with van der Waals surface area (Å²) in [4.78, 5) is 24.7. The van der Waals surface area contributed by atoms with E-state index >= 15 is 0 Å². The first-order valence-corrected chi connectivity index (χ1v) is 8.96. The molecule has 0 aliphatic rings. The van der Waals surface area contributed by atoms with Gasteiger partial charge >= 0.3 is 0 Å². The predicted octanol–water partition coefficient (Wildman–Crippen LogP) is 3.13. The zero-order valence-corrected chi connectivity index (χ0v) is 16.2. The van der Waals surface area contributed by atoms with E-state index in [1.807, 2.05) is 24.3 Å². The van der Waals surface area contributed by atoms with Crippen molar-refractivity contribution in [2.75, 3.05) is 7.05 Å².